The molecule has 0 radical (unpaired) electrons. The van der Waals surface area contributed by atoms with Crippen molar-refractivity contribution in [2.75, 3.05) is 6.54 Å². The number of benzene rings is 1. The third-order valence-corrected chi connectivity index (χ3v) is 3.46. The maximum atomic E-state index is 11.6. The van der Waals surface area contributed by atoms with E-state index in [1.807, 2.05) is 44.2 Å². The highest BCUT2D eigenvalue weighted by Crippen LogP contribution is 2.07. The van der Waals surface area contributed by atoms with Gasteiger partial charge in [-0.25, -0.2) is 0 Å². The Balaban J connectivity index is 2.28. The van der Waals surface area contributed by atoms with E-state index in [4.69, 9.17) is 10.5 Å². The van der Waals surface area contributed by atoms with Gasteiger partial charge in [0, 0.05) is 6.54 Å². The molecule has 1 aromatic carbocycles. The van der Waals surface area contributed by atoms with Crippen molar-refractivity contribution in [1.82, 2.24) is 5.32 Å². The lowest BCUT2D eigenvalue weighted by Crippen LogP contribution is -2.46. The maximum absolute atomic E-state index is 11.6. The van der Waals surface area contributed by atoms with Crippen molar-refractivity contribution in [3.63, 3.8) is 0 Å². The van der Waals surface area contributed by atoms with Crippen molar-refractivity contribution in [3.8, 4) is 0 Å². The molecular weight excluding hydrogens is 268 g/mol. The molecule has 0 aliphatic rings. The molecule has 0 bridgehead atoms. The molecule has 0 aromatic heterocycles. The summed E-state index contributed by atoms with van der Waals surface area (Å²) in [5.74, 6) is -0.538. The lowest BCUT2D eigenvalue weighted by atomic mass is 9.98. The lowest BCUT2D eigenvalue weighted by molar-refractivity contribution is -0.145. The Morgan fingerprint density at radius 1 is 1.29 bits per heavy atom. The van der Waals surface area contributed by atoms with Crippen LogP contribution in [0.4, 0.5) is 0 Å². The Kier molecular flexibility index (Phi) is 7.46. The molecule has 3 N–H and O–H groups in total. The zero-order chi connectivity index (χ0) is 15.7. The van der Waals surface area contributed by atoms with Crippen molar-refractivity contribution in [1.29, 1.82) is 0 Å². The molecule has 1 rings (SSSR count). The van der Waals surface area contributed by atoms with Crippen molar-refractivity contribution >= 4 is 11.9 Å². The average molecular weight is 292 g/mol. The van der Waals surface area contributed by atoms with E-state index in [1.165, 1.54) is 0 Å². The molecule has 1 amide bonds. The summed E-state index contributed by atoms with van der Waals surface area (Å²) in [4.78, 5) is 23.0. The minimum absolute atomic E-state index is 0.142. The van der Waals surface area contributed by atoms with Gasteiger partial charge in [-0.3, -0.25) is 9.59 Å². The van der Waals surface area contributed by atoms with Gasteiger partial charge in [0.2, 0.25) is 5.91 Å². The monoisotopic (exact) mass is 292 g/mol. The summed E-state index contributed by atoms with van der Waals surface area (Å²) in [6.07, 6.45) is 1.06. The van der Waals surface area contributed by atoms with Crippen LogP contribution in [-0.4, -0.2) is 24.5 Å². The van der Waals surface area contributed by atoms with E-state index in [0.29, 0.717) is 6.54 Å². The van der Waals surface area contributed by atoms with Crippen LogP contribution in [0.2, 0.25) is 0 Å². The number of carbonyl (C=O) groups excluding carboxylic acids is 2. The van der Waals surface area contributed by atoms with E-state index in [0.717, 1.165) is 12.0 Å². The zero-order valence-electron chi connectivity index (χ0n) is 12.7. The normalized spacial score (nSPS) is 13.4. The number of hydrogen-bond donors (Lipinski definition) is 2. The molecule has 5 heteroatoms. The standard InChI is InChI=1S/C16H24N2O3/c1-3-12(2)15(16(17)20)18-10-9-14(19)21-11-13-7-5-4-6-8-13/h4-8,12,15,18H,3,9-11H2,1-2H3,(H2,17,20)/t12?,15-/m0/s1. The molecule has 0 aliphatic heterocycles. The minimum Gasteiger partial charge on any atom is -0.461 e. The van der Waals surface area contributed by atoms with Gasteiger partial charge >= 0.3 is 5.97 Å². The Bertz CT molecular complexity index is 448. The lowest BCUT2D eigenvalue weighted by Gasteiger charge is -2.20. The van der Waals surface area contributed by atoms with Crippen LogP contribution in [-0.2, 0) is 20.9 Å². The number of hydrogen-bond acceptors (Lipinski definition) is 4. The first-order valence-corrected chi connectivity index (χ1v) is 7.26. The number of esters is 1. The predicted molar refractivity (Wildman–Crippen MR) is 81.3 cm³/mol. The predicted octanol–water partition coefficient (Wildman–Crippen LogP) is 1.61. The highest BCUT2D eigenvalue weighted by molar-refractivity contribution is 5.80. The molecule has 0 saturated heterocycles. The van der Waals surface area contributed by atoms with E-state index in [2.05, 4.69) is 5.32 Å². The Morgan fingerprint density at radius 3 is 2.52 bits per heavy atom. The average Bonchev–Trinajstić information content (AvgIpc) is 2.49. The summed E-state index contributed by atoms with van der Waals surface area (Å²) < 4.78 is 5.16. The summed E-state index contributed by atoms with van der Waals surface area (Å²) in [7, 11) is 0. The van der Waals surface area contributed by atoms with E-state index in [-0.39, 0.29) is 30.8 Å². The smallest absolute Gasteiger partial charge is 0.307 e. The van der Waals surface area contributed by atoms with Crippen LogP contribution in [0.15, 0.2) is 30.3 Å². The third kappa shape index (κ3) is 6.40. The zero-order valence-corrected chi connectivity index (χ0v) is 12.7. The van der Waals surface area contributed by atoms with Crippen molar-refractivity contribution in [2.24, 2.45) is 11.7 Å². The van der Waals surface area contributed by atoms with Gasteiger partial charge in [-0.05, 0) is 11.5 Å². The fourth-order valence-electron chi connectivity index (χ4n) is 1.96. The molecule has 116 valence electrons. The van der Waals surface area contributed by atoms with Gasteiger partial charge in [-0.15, -0.1) is 0 Å². The van der Waals surface area contributed by atoms with Crippen LogP contribution in [0, 0.1) is 5.92 Å². The number of amides is 1. The summed E-state index contributed by atoms with van der Waals surface area (Å²) in [5.41, 5.74) is 6.30. The first-order valence-electron chi connectivity index (χ1n) is 7.26. The molecule has 5 nitrogen and oxygen atoms in total. The van der Waals surface area contributed by atoms with Gasteiger partial charge in [-0.2, -0.15) is 0 Å². The molecule has 0 aliphatic carbocycles. The second kappa shape index (κ2) is 9.13. The Hall–Kier alpha value is -1.88. The summed E-state index contributed by atoms with van der Waals surface area (Å²) in [6, 6.07) is 9.10. The molecule has 2 atom stereocenters. The SMILES string of the molecule is CCC(C)[C@H](NCCC(=O)OCc1ccccc1)C(N)=O. The fraction of sp³-hybridized carbons (Fsp3) is 0.500. The van der Waals surface area contributed by atoms with Crippen LogP contribution in [0.25, 0.3) is 0 Å². The third-order valence-electron chi connectivity index (χ3n) is 3.46. The van der Waals surface area contributed by atoms with Crippen LogP contribution in [0.5, 0.6) is 0 Å². The summed E-state index contributed by atoms with van der Waals surface area (Å²) in [5, 5.41) is 3.02. The minimum atomic E-state index is -0.406. The number of nitrogens with one attached hydrogen (secondary N) is 1. The van der Waals surface area contributed by atoms with E-state index in [1.54, 1.807) is 0 Å². The molecule has 21 heavy (non-hydrogen) atoms. The molecule has 0 saturated carbocycles. The van der Waals surface area contributed by atoms with Crippen LogP contribution >= 0.6 is 0 Å². The number of nitrogens with two attached hydrogens (primary N) is 1. The number of primary amides is 1. The van der Waals surface area contributed by atoms with E-state index < -0.39 is 6.04 Å². The molecule has 1 unspecified atom stereocenters. The quantitative estimate of drug-likeness (QED) is 0.678. The second-order valence-electron chi connectivity index (χ2n) is 5.12. The largest absolute Gasteiger partial charge is 0.461 e. The number of rotatable bonds is 9. The second-order valence-corrected chi connectivity index (χ2v) is 5.12. The van der Waals surface area contributed by atoms with Crippen molar-refractivity contribution < 1.29 is 14.3 Å². The number of carbonyl (C=O) groups is 2. The van der Waals surface area contributed by atoms with Crippen LogP contribution in [0.1, 0.15) is 32.3 Å². The van der Waals surface area contributed by atoms with Crippen LogP contribution in [0.3, 0.4) is 0 Å². The summed E-state index contributed by atoms with van der Waals surface area (Å²) in [6.45, 7) is 4.60. The Morgan fingerprint density at radius 2 is 1.95 bits per heavy atom. The molecular formula is C16H24N2O3. The summed E-state index contributed by atoms with van der Waals surface area (Å²) >= 11 is 0. The van der Waals surface area contributed by atoms with Crippen molar-refractivity contribution in [2.45, 2.75) is 39.3 Å². The van der Waals surface area contributed by atoms with Gasteiger partial charge in [-0.1, -0.05) is 50.6 Å². The highest BCUT2D eigenvalue weighted by atomic mass is 16.5. The first-order chi connectivity index (χ1) is 10.0. The van der Waals surface area contributed by atoms with Crippen LogP contribution < -0.4 is 11.1 Å². The maximum Gasteiger partial charge on any atom is 0.307 e. The fourth-order valence-corrected chi connectivity index (χ4v) is 1.96. The van der Waals surface area contributed by atoms with E-state index >= 15 is 0 Å². The molecule has 1 aromatic rings. The number of ether oxygens (including phenoxy) is 1. The topological polar surface area (TPSA) is 81.4 Å². The van der Waals surface area contributed by atoms with Crippen molar-refractivity contribution in [3.05, 3.63) is 35.9 Å². The van der Waals surface area contributed by atoms with Gasteiger partial charge in [0.1, 0.15) is 6.61 Å². The molecule has 0 heterocycles. The first kappa shape index (κ1) is 17.2. The molecule has 0 spiro atoms. The van der Waals surface area contributed by atoms with Gasteiger partial charge in [0.15, 0.2) is 0 Å². The Labute approximate surface area is 125 Å². The van der Waals surface area contributed by atoms with Gasteiger partial charge in [0.05, 0.1) is 12.5 Å². The highest BCUT2D eigenvalue weighted by Gasteiger charge is 2.20. The van der Waals surface area contributed by atoms with Gasteiger partial charge < -0.3 is 15.8 Å². The van der Waals surface area contributed by atoms with E-state index in [9.17, 15) is 9.59 Å². The van der Waals surface area contributed by atoms with Gasteiger partial charge in [0.25, 0.3) is 0 Å². The molecule has 0 fully saturated rings.